The fraction of sp³-hybridized carbons (Fsp3) is 0.458. The molecule has 2 aromatic rings. The van der Waals surface area contributed by atoms with E-state index in [2.05, 4.69) is 6.92 Å². The molecule has 4 heteroatoms. The van der Waals surface area contributed by atoms with Crippen molar-refractivity contribution in [3.8, 4) is 16.9 Å². The highest BCUT2D eigenvalue weighted by Crippen LogP contribution is 2.25. The predicted molar refractivity (Wildman–Crippen MR) is 111 cm³/mol. The number of unbranched alkanes of at least 4 members (excludes halogenated alkanes) is 3. The Labute approximate surface area is 167 Å². The molecule has 1 fully saturated rings. The number of benzene rings is 2. The number of ether oxygens (including phenoxy) is 3. The fourth-order valence-corrected chi connectivity index (χ4v) is 3.26. The zero-order chi connectivity index (χ0) is 19.6. The van der Waals surface area contributed by atoms with Crippen LogP contribution in [0.15, 0.2) is 48.5 Å². The van der Waals surface area contributed by atoms with E-state index in [0.717, 1.165) is 55.6 Å². The van der Waals surface area contributed by atoms with Crippen molar-refractivity contribution in [3.63, 3.8) is 0 Å². The first-order valence-electron chi connectivity index (χ1n) is 10.4. The summed E-state index contributed by atoms with van der Waals surface area (Å²) in [5.41, 5.74) is 2.73. The van der Waals surface area contributed by atoms with E-state index in [-0.39, 0.29) is 12.3 Å². The van der Waals surface area contributed by atoms with Gasteiger partial charge in [-0.3, -0.25) is 0 Å². The molecule has 0 N–H and O–H groups in total. The molecule has 1 atom stereocenters. The number of hydrogen-bond donors (Lipinski definition) is 0. The van der Waals surface area contributed by atoms with Crippen molar-refractivity contribution in [2.24, 2.45) is 0 Å². The topological polar surface area (TPSA) is 44.8 Å². The van der Waals surface area contributed by atoms with E-state index >= 15 is 0 Å². The number of hydrogen-bond acceptors (Lipinski definition) is 4. The zero-order valence-electron chi connectivity index (χ0n) is 16.7. The van der Waals surface area contributed by atoms with Crippen LogP contribution in [-0.2, 0) is 9.47 Å². The van der Waals surface area contributed by atoms with Crippen LogP contribution in [0.3, 0.4) is 0 Å². The lowest BCUT2D eigenvalue weighted by atomic mass is 10.0. The number of carbonyl (C=O) groups excluding carboxylic acids is 1. The minimum Gasteiger partial charge on any atom is -0.465 e. The first kappa shape index (κ1) is 20.4. The molecule has 28 heavy (non-hydrogen) atoms. The molecule has 0 amide bonds. The summed E-state index contributed by atoms with van der Waals surface area (Å²) in [6, 6.07) is 15.5. The Morgan fingerprint density at radius 1 is 0.964 bits per heavy atom. The van der Waals surface area contributed by atoms with Crippen molar-refractivity contribution in [2.45, 2.75) is 58.2 Å². The SMILES string of the molecule is CCCCCCOC(=O)c1ccc(-c2ccc(OC3CCCCO3)cc2)cc1. The second-order valence-corrected chi connectivity index (χ2v) is 7.21. The van der Waals surface area contributed by atoms with Gasteiger partial charge < -0.3 is 14.2 Å². The molecule has 0 bridgehead atoms. The Morgan fingerprint density at radius 3 is 2.32 bits per heavy atom. The molecule has 150 valence electrons. The van der Waals surface area contributed by atoms with Gasteiger partial charge in [-0.15, -0.1) is 0 Å². The highest BCUT2D eigenvalue weighted by molar-refractivity contribution is 5.90. The molecule has 1 heterocycles. The number of rotatable bonds is 9. The lowest BCUT2D eigenvalue weighted by Crippen LogP contribution is -2.24. The monoisotopic (exact) mass is 382 g/mol. The summed E-state index contributed by atoms with van der Waals surface area (Å²) < 4.78 is 16.8. The quantitative estimate of drug-likeness (QED) is 0.394. The molecule has 4 nitrogen and oxygen atoms in total. The maximum absolute atomic E-state index is 12.1. The van der Waals surface area contributed by atoms with E-state index in [4.69, 9.17) is 14.2 Å². The van der Waals surface area contributed by atoms with E-state index in [1.807, 2.05) is 48.5 Å². The van der Waals surface area contributed by atoms with Crippen LogP contribution in [0.25, 0.3) is 11.1 Å². The van der Waals surface area contributed by atoms with E-state index in [1.165, 1.54) is 12.8 Å². The lowest BCUT2D eigenvalue weighted by molar-refractivity contribution is -0.105. The highest BCUT2D eigenvalue weighted by Gasteiger charge is 2.15. The Bertz CT molecular complexity index is 715. The molecule has 1 unspecified atom stereocenters. The van der Waals surface area contributed by atoms with Crippen LogP contribution in [0.1, 0.15) is 62.2 Å². The number of carbonyl (C=O) groups is 1. The lowest BCUT2D eigenvalue weighted by Gasteiger charge is -2.23. The van der Waals surface area contributed by atoms with Crippen molar-refractivity contribution in [2.75, 3.05) is 13.2 Å². The molecule has 1 aliphatic rings. The molecule has 0 saturated carbocycles. The standard InChI is InChI=1S/C24H30O4/c1-2-3-4-6-18-27-24(25)21-11-9-19(10-12-21)20-13-15-22(16-14-20)28-23-8-5-7-17-26-23/h9-16,23H,2-8,17-18H2,1H3. The molecule has 0 radical (unpaired) electrons. The van der Waals surface area contributed by atoms with Crippen molar-refractivity contribution in [3.05, 3.63) is 54.1 Å². The molecule has 3 rings (SSSR count). The van der Waals surface area contributed by atoms with Crippen LogP contribution in [0.5, 0.6) is 5.75 Å². The maximum Gasteiger partial charge on any atom is 0.338 e. The summed E-state index contributed by atoms with van der Waals surface area (Å²) in [4.78, 5) is 12.1. The second kappa shape index (κ2) is 10.9. The average molecular weight is 383 g/mol. The highest BCUT2D eigenvalue weighted by atomic mass is 16.7. The van der Waals surface area contributed by atoms with Crippen LogP contribution in [0.4, 0.5) is 0 Å². The summed E-state index contributed by atoms with van der Waals surface area (Å²) in [6.07, 6.45) is 7.47. The van der Waals surface area contributed by atoms with Crippen LogP contribution in [0, 0.1) is 0 Å². The summed E-state index contributed by atoms with van der Waals surface area (Å²) >= 11 is 0. The third-order valence-corrected chi connectivity index (χ3v) is 4.94. The van der Waals surface area contributed by atoms with Gasteiger partial charge in [0.2, 0.25) is 0 Å². The molecule has 1 aliphatic heterocycles. The Balaban J connectivity index is 1.52. The average Bonchev–Trinajstić information content (AvgIpc) is 2.75. The minimum absolute atomic E-state index is 0.133. The third-order valence-electron chi connectivity index (χ3n) is 4.94. The van der Waals surface area contributed by atoms with Gasteiger partial charge in [0.15, 0.2) is 6.29 Å². The summed E-state index contributed by atoms with van der Waals surface area (Å²) in [5, 5.41) is 0. The molecule has 0 aliphatic carbocycles. The van der Waals surface area contributed by atoms with Gasteiger partial charge in [-0.05, 0) is 54.7 Å². The molecule has 0 aromatic heterocycles. The molecular formula is C24H30O4. The minimum atomic E-state index is -0.251. The van der Waals surface area contributed by atoms with Crippen molar-refractivity contribution in [1.82, 2.24) is 0 Å². The van der Waals surface area contributed by atoms with Gasteiger partial charge in [-0.2, -0.15) is 0 Å². The molecule has 1 saturated heterocycles. The smallest absolute Gasteiger partial charge is 0.338 e. The molecule has 2 aromatic carbocycles. The predicted octanol–water partition coefficient (Wildman–Crippen LogP) is 6.00. The van der Waals surface area contributed by atoms with Gasteiger partial charge in [-0.25, -0.2) is 4.79 Å². The van der Waals surface area contributed by atoms with Crippen molar-refractivity contribution >= 4 is 5.97 Å². The molecule has 0 spiro atoms. The largest absolute Gasteiger partial charge is 0.465 e. The van der Waals surface area contributed by atoms with Gasteiger partial charge in [0.25, 0.3) is 0 Å². The van der Waals surface area contributed by atoms with Crippen molar-refractivity contribution < 1.29 is 19.0 Å². The van der Waals surface area contributed by atoms with Gasteiger partial charge in [0.1, 0.15) is 5.75 Å². The summed E-state index contributed by atoms with van der Waals surface area (Å²) in [5.74, 6) is 0.568. The van der Waals surface area contributed by atoms with Gasteiger partial charge in [-0.1, -0.05) is 50.5 Å². The maximum atomic E-state index is 12.1. The van der Waals surface area contributed by atoms with E-state index in [0.29, 0.717) is 12.2 Å². The first-order valence-corrected chi connectivity index (χ1v) is 10.4. The normalized spacial score (nSPS) is 16.5. The van der Waals surface area contributed by atoms with Crippen molar-refractivity contribution in [1.29, 1.82) is 0 Å². The third kappa shape index (κ3) is 6.10. The van der Waals surface area contributed by atoms with Crippen LogP contribution in [0.2, 0.25) is 0 Å². The van der Waals surface area contributed by atoms with Gasteiger partial charge in [0.05, 0.1) is 18.8 Å². The Hall–Kier alpha value is -2.33. The second-order valence-electron chi connectivity index (χ2n) is 7.21. The summed E-state index contributed by atoms with van der Waals surface area (Å²) in [6.45, 7) is 3.43. The van der Waals surface area contributed by atoms with Crippen LogP contribution >= 0.6 is 0 Å². The zero-order valence-corrected chi connectivity index (χ0v) is 16.7. The Morgan fingerprint density at radius 2 is 1.68 bits per heavy atom. The summed E-state index contributed by atoms with van der Waals surface area (Å²) in [7, 11) is 0. The van der Waals surface area contributed by atoms with Gasteiger partial charge in [0, 0.05) is 6.42 Å². The van der Waals surface area contributed by atoms with Gasteiger partial charge >= 0.3 is 5.97 Å². The molecular weight excluding hydrogens is 352 g/mol. The van der Waals surface area contributed by atoms with E-state index < -0.39 is 0 Å². The Kier molecular flexibility index (Phi) is 7.92. The van der Waals surface area contributed by atoms with E-state index in [9.17, 15) is 4.79 Å². The first-order chi connectivity index (χ1) is 13.8. The number of esters is 1. The van der Waals surface area contributed by atoms with E-state index in [1.54, 1.807) is 0 Å². The van der Waals surface area contributed by atoms with Crippen LogP contribution < -0.4 is 4.74 Å². The fourth-order valence-electron chi connectivity index (χ4n) is 3.26. The van der Waals surface area contributed by atoms with Crippen LogP contribution in [-0.4, -0.2) is 25.5 Å².